The number of anilines is 2. The van der Waals surface area contributed by atoms with E-state index in [2.05, 4.69) is 44.7 Å². The van der Waals surface area contributed by atoms with Crippen molar-refractivity contribution in [3.05, 3.63) is 41.6 Å². The summed E-state index contributed by atoms with van der Waals surface area (Å²) in [6.45, 7) is 8.85. The van der Waals surface area contributed by atoms with E-state index in [1.165, 1.54) is 40.2 Å². The Morgan fingerprint density at radius 3 is 2.56 bits per heavy atom. The fraction of sp³-hybridized carbons (Fsp3) is 0.600. The Labute approximate surface area is 213 Å². The van der Waals surface area contributed by atoms with Gasteiger partial charge in [-0.05, 0) is 56.3 Å². The van der Waals surface area contributed by atoms with Crippen molar-refractivity contribution in [1.29, 1.82) is 0 Å². The number of amides is 1. The summed E-state index contributed by atoms with van der Waals surface area (Å²) < 4.78 is 32.0. The molecule has 0 radical (unpaired) electrons. The summed E-state index contributed by atoms with van der Waals surface area (Å²) >= 11 is 0. The summed E-state index contributed by atoms with van der Waals surface area (Å²) in [7, 11) is -3.44. The number of aromatic nitrogens is 2. The summed E-state index contributed by atoms with van der Waals surface area (Å²) in [4.78, 5) is 19.9. The third-order valence-electron chi connectivity index (χ3n) is 7.73. The first-order valence-corrected chi connectivity index (χ1v) is 14.6. The van der Waals surface area contributed by atoms with Gasteiger partial charge in [0.2, 0.25) is 10.0 Å². The van der Waals surface area contributed by atoms with Crippen LogP contribution >= 0.6 is 0 Å². The maximum atomic E-state index is 13.0. The lowest BCUT2D eigenvalue weighted by atomic mass is 9.84. The lowest BCUT2D eigenvalue weighted by molar-refractivity contribution is 0.0584. The largest absolute Gasteiger partial charge is 0.378 e. The number of nitrogens with one attached hydrogen (secondary N) is 1. The van der Waals surface area contributed by atoms with E-state index in [0.717, 1.165) is 64.9 Å². The van der Waals surface area contributed by atoms with E-state index in [9.17, 15) is 13.2 Å². The molecule has 0 unspecified atom stereocenters. The van der Waals surface area contributed by atoms with E-state index in [4.69, 9.17) is 4.74 Å². The highest BCUT2D eigenvalue weighted by Crippen LogP contribution is 2.40. The fourth-order valence-electron chi connectivity index (χ4n) is 5.85. The van der Waals surface area contributed by atoms with E-state index in [-0.39, 0.29) is 17.4 Å². The van der Waals surface area contributed by atoms with Crippen LogP contribution in [-0.4, -0.2) is 91.8 Å². The number of aryl methyl sites for hydroxylation is 1. The molecule has 11 heteroatoms. The van der Waals surface area contributed by atoms with E-state index >= 15 is 0 Å². The standard InChI is InChI=1S/C25H36N6O4S/c1-20-4-5-21(22(18-20)28-14-16-35-17-15-28)19-30-10-3-7-25(30)8-12-29(13-9-25)24(32)31-11-6-23(26-31)27-36(2,33)34/h4-6,11,18H,3,7-10,12-17,19H2,1-2H3,(H,26,27). The van der Waals surface area contributed by atoms with Crippen molar-refractivity contribution in [1.82, 2.24) is 19.6 Å². The molecule has 36 heavy (non-hydrogen) atoms. The average molecular weight is 517 g/mol. The number of carbonyl (C=O) groups excluding carboxylic acids is 1. The van der Waals surface area contributed by atoms with Gasteiger partial charge in [-0.25, -0.2) is 13.2 Å². The Kier molecular flexibility index (Phi) is 6.97. The SMILES string of the molecule is Cc1ccc(CN2CCCC23CCN(C(=O)n2ccc(NS(C)(=O)=O)n2)CC3)c(N2CCOCC2)c1. The second-order valence-corrected chi connectivity index (χ2v) is 12.0. The van der Waals surface area contributed by atoms with Gasteiger partial charge in [-0.1, -0.05) is 12.1 Å². The molecular formula is C25H36N6O4S. The Hall–Kier alpha value is -2.63. The predicted molar refractivity (Wildman–Crippen MR) is 139 cm³/mol. The summed E-state index contributed by atoms with van der Waals surface area (Å²) in [5, 5.41) is 4.10. The van der Waals surface area contributed by atoms with Gasteiger partial charge in [-0.2, -0.15) is 4.68 Å². The Morgan fingerprint density at radius 2 is 1.83 bits per heavy atom. The van der Waals surface area contributed by atoms with Crippen molar-refractivity contribution in [2.24, 2.45) is 0 Å². The van der Waals surface area contributed by atoms with Gasteiger partial charge in [0.1, 0.15) is 0 Å². The van der Waals surface area contributed by atoms with Crippen LogP contribution in [0.1, 0.15) is 36.8 Å². The fourth-order valence-corrected chi connectivity index (χ4v) is 6.34. The summed E-state index contributed by atoms with van der Waals surface area (Å²) in [5.74, 6) is 0.149. The van der Waals surface area contributed by atoms with Gasteiger partial charge in [0, 0.05) is 56.2 Å². The van der Waals surface area contributed by atoms with Crippen molar-refractivity contribution in [3.63, 3.8) is 0 Å². The van der Waals surface area contributed by atoms with Crippen LogP contribution in [0, 0.1) is 6.92 Å². The predicted octanol–water partition coefficient (Wildman–Crippen LogP) is 2.50. The van der Waals surface area contributed by atoms with Gasteiger partial charge < -0.3 is 14.5 Å². The van der Waals surface area contributed by atoms with Crippen LogP contribution in [0.25, 0.3) is 0 Å². The van der Waals surface area contributed by atoms with Crippen LogP contribution in [0.3, 0.4) is 0 Å². The number of rotatable bonds is 5. The summed E-state index contributed by atoms with van der Waals surface area (Å²) in [6.07, 6.45) is 6.74. The molecule has 1 spiro atoms. The molecule has 0 atom stereocenters. The first-order chi connectivity index (χ1) is 17.2. The average Bonchev–Trinajstić information content (AvgIpc) is 3.47. The second-order valence-electron chi connectivity index (χ2n) is 10.3. The van der Waals surface area contributed by atoms with Crippen molar-refractivity contribution < 1.29 is 17.9 Å². The summed E-state index contributed by atoms with van der Waals surface area (Å²) in [6, 6.07) is 8.08. The maximum Gasteiger partial charge on any atom is 0.344 e. The van der Waals surface area contributed by atoms with Crippen molar-refractivity contribution in [2.45, 2.75) is 44.7 Å². The highest BCUT2D eigenvalue weighted by atomic mass is 32.2. The number of carbonyl (C=O) groups is 1. The number of sulfonamides is 1. The van der Waals surface area contributed by atoms with E-state index in [0.29, 0.717) is 13.1 Å². The topological polar surface area (TPSA) is 100 Å². The maximum absolute atomic E-state index is 13.0. The molecule has 10 nitrogen and oxygen atoms in total. The molecule has 3 aliphatic rings. The molecule has 3 saturated heterocycles. The zero-order valence-electron chi connectivity index (χ0n) is 21.1. The summed E-state index contributed by atoms with van der Waals surface area (Å²) in [5.41, 5.74) is 4.07. The van der Waals surface area contributed by atoms with Gasteiger partial charge in [-0.15, -0.1) is 5.10 Å². The molecule has 0 aliphatic carbocycles. The highest BCUT2D eigenvalue weighted by Gasteiger charge is 2.44. The minimum atomic E-state index is -3.44. The van der Waals surface area contributed by atoms with Crippen LogP contribution < -0.4 is 9.62 Å². The molecule has 3 fully saturated rings. The van der Waals surface area contributed by atoms with Crippen molar-refractivity contribution in [3.8, 4) is 0 Å². The van der Waals surface area contributed by atoms with Crippen LogP contribution in [0.4, 0.5) is 16.3 Å². The molecule has 2 aromatic rings. The van der Waals surface area contributed by atoms with Gasteiger partial charge in [0.15, 0.2) is 5.82 Å². The zero-order valence-corrected chi connectivity index (χ0v) is 22.0. The van der Waals surface area contributed by atoms with Crippen LogP contribution in [0.15, 0.2) is 30.5 Å². The number of morpholine rings is 1. The molecule has 1 N–H and O–H groups in total. The van der Waals surface area contributed by atoms with Gasteiger partial charge in [0.25, 0.3) is 0 Å². The molecule has 1 aromatic carbocycles. The van der Waals surface area contributed by atoms with Gasteiger partial charge in [-0.3, -0.25) is 9.62 Å². The first kappa shape index (κ1) is 25.0. The lowest BCUT2D eigenvalue weighted by Crippen LogP contribution is -2.53. The van der Waals surface area contributed by atoms with E-state index < -0.39 is 10.0 Å². The van der Waals surface area contributed by atoms with E-state index in [1.807, 2.05) is 4.90 Å². The lowest BCUT2D eigenvalue weighted by Gasteiger charge is -2.45. The number of likely N-dealkylation sites (tertiary alicyclic amines) is 2. The van der Waals surface area contributed by atoms with Crippen LogP contribution in [0.2, 0.25) is 0 Å². The molecule has 196 valence electrons. The number of hydrogen-bond acceptors (Lipinski definition) is 7. The molecule has 4 heterocycles. The molecule has 5 rings (SSSR count). The third kappa shape index (κ3) is 5.37. The Balaban J connectivity index is 1.25. The smallest absolute Gasteiger partial charge is 0.344 e. The molecule has 0 saturated carbocycles. The molecular weight excluding hydrogens is 480 g/mol. The number of benzene rings is 1. The number of piperidine rings is 1. The number of nitrogens with zero attached hydrogens (tertiary/aromatic N) is 5. The number of ether oxygens (including phenoxy) is 1. The van der Waals surface area contributed by atoms with Gasteiger partial charge in [0.05, 0.1) is 19.5 Å². The molecule has 3 aliphatic heterocycles. The molecule has 0 bridgehead atoms. The number of hydrogen-bond donors (Lipinski definition) is 1. The first-order valence-electron chi connectivity index (χ1n) is 12.7. The Morgan fingerprint density at radius 1 is 1.08 bits per heavy atom. The van der Waals surface area contributed by atoms with Crippen LogP contribution in [-0.2, 0) is 21.3 Å². The minimum Gasteiger partial charge on any atom is -0.378 e. The molecule has 1 aromatic heterocycles. The Bertz CT molecular complexity index is 1200. The highest BCUT2D eigenvalue weighted by molar-refractivity contribution is 7.92. The van der Waals surface area contributed by atoms with E-state index in [1.54, 1.807) is 0 Å². The van der Waals surface area contributed by atoms with Crippen molar-refractivity contribution in [2.75, 3.05) is 61.8 Å². The molecule has 1 amide bonds. The minimum absolute atomic E-state index is 0.108. The third-order valence-corrected chi connectivity index (χ3v) is 8.31. The second kappa shape index (κ2) is 10.0. The van der Waals surface area contributed by atoms with Crippen LogP contribution in [0.5, 0.6) is 0 Å². The van der Waals surface area contributed by atoms with Crippen molar-refractivity contribution >= 4 is 27.6 Å². The zero-order chi connectivity index (χ0) is 25.3. The monoisotopic (exact) mass is 516 g/mol. The van der Waals surface area contributed by atoms with Gasteiger partial charge >= 0.3 is 6.03 Å². The quantitative estimate of drug-likeness (QED) is 0.652. The normalized spacial score (nSPS) is 20.7.